The van der Waals surface area contributed by atoms with E-state index in [0.29, 0.717) is 45.1 Å². The molecule has 1 saturated heterocycles. The van der Waals surface area contributed by atoms with E-state index in [4.69, 9.17) is 4.74 Å². The maximum absolute atomic E-state index is 12.0. The summed E-state index contributed by atoms with van der Waals surface area (Å²) in [6.45, 7) is 1.60. The van der Waals surface area contributed by atoms with Gasteiger partial charge in [0, 0.05) is 38.8 Å². The molecule has 3 amide bonds. The van der Waals surface area contributed by atoms with Gasteiger partial charge < -0.3 is 25.8 Å². The number of carbonyl (C=O) groups is 3. The molecule has 0 aromatic rings. The molecule has 1 heterocycles. The Morgan fingerprint density at radius 3 is 2.36 bits per heavy atom. The van der Waals surface area contributed by atoms with Crippen molar-refractivity contribution in [3.8, 4) is 0 Å². The third kappa shape index (κ3) is 7.66. The molecule has 8 nitrogen and oxygen atoms in total. The molecule has 0 bridgehead atoms. The molecular formula is C20H35N3O5. The van der Waals surface area contributed by atoms with E-state index in [1.807, 2.05) is 0 Å². The maximum atomic E-state index is 12.0. The van der Waals surface area contributed by atoms with Gasteiger partial charge in [-0.3, -0.25) is 9.59 Å². The van der Waals surface area contributed by atoms with Crippen LogP contribution in [0, 0.1) is 5.41 Å². The third-order valence-electron chi connectivity index (χ3n) is 5.83. The van der Waals surface area contributed by atoms with Gasteiger partial charge in [0.1, 0.15) is 0 Å². The Bertz CT molecular complexity index is 514. The van der Waals surface area contributed by atoms with Gasteiger partial charge >= 0.3 is 12.0 Å². The van der Waals surface area contributed by atoms with Crippen molar-refractivity contribution in [2.24, 2.45) is 5.41 Å². The Morgan fingerprint density at radius 2 is 1.68 bits per heavy atom. The van der Waals surface area contributed by atoms with Gasteiger partial charge in [-0.25, -0.2) is 4.79 Å². The first kappa shape index (κ1) is 22.5. The van der Waals surface area contributed by atoms with Crippen molar-refractivity contribution in [2.45, 2.75) is 76.7 Å². The number of unbranched alkanes of at least 4 members (excludes halogenated alkanes) is 2. The van der Waals surface area contributed by atoms with E-state index in [-0.39, 0.29) is 18.5 Å². The number of amides is 3. The number of aliphatic carboxylic acids is 1. The van der Waals surface area contributed by atoms with Crippen LogP contribution < -0.4 is 16.0 Å². The summed E-state index contributed by atoms with van der Waals surface area (Å²) < 4.78 is 5.23. The molecule has 2 aliphatic rings. The number of carboxylic acids is 1. The lowest BCUT2D eigenvalue weighted by Crippen LogP contribution is -2.46. The summed E-state index contributed by atoms with van der Waals surface area (Å²) in [6.07, 6.45) is 9.39. The Hall–Kier alpha value is -1.83. The summed E-state index contributed by atoms with van der Waals surface area (Å²) in [6, 6.07) is 0.211. The molecule has 28 heavy (non-hydrogen) atoms. The monoisotopic (exact) mass is 397 g/mol. The second-order valence-corrected chi connectivity index (χ2v) is 8.02. The van der Waals surface area contributed by atoms with Crippen LogP contribution in [0.25, 0.3) is 0 Å². The number of hydrogen-bond acceptors (Lipinski definition) is 4. The number of nitrogens with one attached hydrogen (secondary N) is 3. The van der Waals surface area contributed by atoms with Gasteiger partial charge in [0.05, 0.1) is 5.41 Å². The molecule has 4 N–H and O–H groups in total. The van der Waals surface area contributed by atoms with Crippen LogP contribution in [0.3, 0.4) is 0 Å². The molecule has 0 aromatic heterocycles. The fourth-order valence-corrected chi connectivity index (χ4v) is 3.86. The van der Waals surface area contributed by atoms with Crippen LogP contribution >= 0.6 is 0 Å². The minimum Gasteiger partial charge on any atom is -0.481 e. The van der Waals surface area contributed by atoms with E-state index in [1.165, 1.54) is 19.3 Å². The van der Waals surface area contributed by atoms with Crippen LogP contribution in [0.15, 0.2) is 0 Å². The molecular weight excluding hydrogens is 362 g/mol. The summed E-state index contributed by atoms with van der Waals surface area (Å²) >= 11 is 0. The Balaban J connectivity index is 1.50. The number of urea groups is 1. The van der Waals surface area contributed by atoms with E-state index < -0.39 is 11.4 Å². The maximum Gasteiger partial charge on any atom is 0.315 e. The van der Waals surface area contributed by atoms with Crippen LogP contribution in [-0.2, 0) is 14.3 Å². The zero-order valence-electron chi connectivity index (χ0n) is 16.8. The highest BCUT2D eigenvalue weighted by Gasteiger charge is 2.40. The highest BCUT2D eigenvalue weighted by molar-refractivity contribution is 5.79. The highest BCUT2D eigenvalue weighted by Crippen LogP contribution is 2.30. The van der Waals surface area contributed by atoms with Gasteiger partial charge in [0.2, 0.25) is 5.91 Å². The zero-order valence-corrected chi connectivity index (χ0v) is 16.8. The van der Waals surface area contributed by atoms with Crippen LogP contribution in [-0.4, -0.2) is 55.4 Å². The molecule has 0 unspecified atom stereocenters. The lowest BCUT2D eigenvalue weighted by Gasteiger charge is -2.33. The van der Waals surface area contributed by atoms with Crippen molar-refractivity contribution in [1.29, 1.82) is 0 Å². The van der Waals surface area contributed by atoms with E-state index in [9.17, 15) is 19.5 Å². The van der Waals surface area contributed by atoms with Gasteiger partial charge in [-0.05, 0) is 38.5 Å². The molecule has 8 heteroatoms. The molecule has 1 aliphatic carbocycles. The second kappa shape index (κ2) is 11.9. The summed E-state index contributed by atoms with van der Waals surface area (Å²) in [5, 5.41) is 18.1. The third-order valence-corrected chi connectivity index (χ3v) is 5.83. The molecule has 0 aromatic carbocycles. The molecule has 2 fully saturated rings. The average molecular weight is 398 g/mol. The first-order chi connectivity index (χ1) is 13.5. The van der Waals surface area contributed by atoms with Gasteiger partial charge in [-0.2, -0.15) is 0 Å². The van der Waals surface area contributed by atoms with Gasteiger partial charge in [-0.1, -0.05) is 25.7 Å². The fraction of sp³-hybridized carbons (Fsp3) is 0.850. The predicted molar refractivity (Wildman–Crippen MR) is 105 cm³/mol. The van der Waals surface area contributed by atoms with E-state index >= 15 is 0 Å². The smallest absolute Gasteiger partial charge is 0.315 e. The number of carboxylic acid groups (broad SMARTS) is 1. The van der Waals surface area contributed by atoms with Crippen molar-refractivity contribution in [3.05, 3.63) is 0 Å². The standard InChI is InChI=1S/C20H35N3O5/c24-17(22-15-20(18(25)26)10-13-28-14-11-20)9-5-2-6-12-21-19(27)23-16-7-3-1-4-8-16/h16H,1-15H2,(H,22,24)(H,25,26)(H2,21,23,27). The number of hydrogen-bond donors (Lipinski definition) is 4. The number of rotatable bonds is 10. The molecule has 1 saturated carbocycles. The van der Waals surface area contributed by atoms with Crippen molar-refractivity contribution in [2.75, 3.05) is 26.3 Å². The number of ether oxygens (including phenoxy) is 1. The minimum atomic E-state index is -0.899. The van der Waals surface area contributed by atoms with E-state index in [1.54, 1.807) is 0 Å². The molecule has 160 valence electrons. The van der Waals surface area contributed by atoms with Crippen LogP contribution in [0.5, 0.6) is 0 Å². The Kier molecular flexibility index (Phi) is 9.54. The van der Waals surface area contributed by atoms with Crippen LogP contribution in [0.1, 0.15) is 70.6 Å². The van der Waals surface area contributed by atoms with Gasteiger partial charge in [-0.15, -0.1) is 0 Å². The van der Waals surface area contributed by atoms with Gasteiger partial charge in [0.25, 0.3) is 0 Å². The lowest BCUT2D eigenvalue weighted by atomic mass is 9.80. The topological polar surface area (TPSA) is 117 Å². The molecule has 0 atom stereocenters. The van der Waals surface area contributed by atoms with Crippen molar-refractivity contribution >= 4 is 17.9 Å². The number of carbonyl (C=O) groups excluding carboxylic acids is 2. The second-order valence-electron chi connectivity index (χ2n) is 8.02. The van der Waals surface area contributed by atoms with Crippen LogP contribution in [0.2, 0.25) is 0 Å². The Morgan fingerprint density at radius 1 is 0.964 bits per heavy atom. The lowest BCUT2D eigenvalue weighted by molar-refractivity contribution is -0.154. The Labute approximate surface area is 167 Å². The van der Waals surface area contributed by atoms with Gasteiger partial charge in [0.15, 0.2) is 0 Å². The largest absolute Gasteiger partial charge is 0.481 e. The summed E-state index contributed by atoms with van der Waals surface area (Å²) in [7, 11) is 0. The summed E-state index contributed by atoms with van der Waals surface area (Å²) in [5.74, 6) is -0.983. The fourth-order valence-electron chi connectivity index (χ4n) is 3.86. The molecule has 0 radical (unpaired) electrons. The van der Waals surface area contributed by atoms with Crippen molar-refractivity contribution < 1.29 is 24.2 Å². The average Bonchev–Trinajstić information content (AvgIpc) is 2.70. The molecule has 2 rings (SSSR count). The first-order valence-electron chi connectivity index (χ1n) is 10.6. The predicted octanol–water partition coefficient (Wildman–Crippen LogP) is 2.18. The zero-order chi connectivity index (χ0) is 20.2. The minimum absolute atomic E-state index is 0.0972. The summed E-state index contributed by atoms with van der Waals surface area (Å²) in [5.41, 5.74) is -0.899. The summed E-state index contributed by atoms with van der Waals surface area (Å²) in [4.78, 5) is 35.4. The van der Waals surface area contributed by atoms with Crippen molar-refractivity contribution in [3.63, 3.8) is 0 Å². The highest BCUT2D eigenvalue weighted by atomic mass is 16.5. The quantitative estimate of drug-likeness (QED) is 0.422. The first-order valence-corrected chi connectivity index (χ1v) is 10.6. The SMILES string of the molecule is O=C(CCCCCNC(=O)NC1CCCCC1)NCC1(C(=O)O)CCOCC1. The molecule has 1 aliphatic heterocycles. The van der Waals surface area contributed by atoms with Crippen LogP contribution in [0.4, 0.5) is 4.79 Å². The normalized spacial score (nSPS) is 19.6. The molecule has 0 spiro atoms. The van der Waals surface area contributed by atoms with E-state index in [0.717, 1.165) is 32.1 Å². The van der Waals surface area contributed by atoms with Crippen molar-refractivity contribution in [1.82, 2.24) is 16.0 Å². The van der Waals surface area contributed by atoms with E-state index in [2.05, 4.69) is 16.0 Å².